The summed E-state index contributed by atoms with van der Waals surface area (Å²) in [5.41, 5.74) is 0.227. The first-order valence-electron chi connectivity index (χ1n) is 14.8. The van der Waals surface area contributed by atoms with Gasteiger partial charge in [0.25, 0.3) is 11.5 Å². The van der Waals surface area contributed by atoms with Gasteiger partial charge < -0.3 is 29.6 Å². The van der Waals surface area contributed by atoms with E-state index in [0.717, 1.165) is 0 Å². The van der Waals surface area contributed by atoms with Crippen molar-refractivity contribution in [3.8, 4) is 40.5 Å². The van der Waals surface area contributed by atoms with Gasteiger partial charge >= 0.3 is 6.09 Å². The number of aromatic nitrogens is 3. The molecule has 244 valence electrons. The number of para-hydroxylation sites is 1. The van der Waals surface area contributed by atoms with Crippen molar-refractivity contribution >= 4 is 28.7 Å². The maximum atomic E-state index is 13.5. The number of rotatable bonds is 8. The van der Waals surface area contributed by atoms with E-state index in [2.05, 4.69) is 32.4 Å². The standard InChI is InChI=1S/C36H33N5O7/c1-36(2,3)48-35(44)38-16-9-10-23-18-27(34(43)41(22-23)24-11-7-6-8-12-24)33(42)40-32-14-13-25(21-39-32)47-29-15-17-37-28-20-31(46-5)30(45-4)19-26(28)29/h6-8,11-15,17-22H,16H2,1-5H3,(H,38,44)(H,39,40,42). The predicted octanol–water partition coefficient (Wildman–Crippen LogP) is 5.72. The first-order chi connectivity index (χ1) is 23.0. The van der Waals surface area contributed by atoms with Crippen LogP contribution in [0.4, 0.5) is 10.6 Å². The van der Waals surface area contributed by atoms with Gasteiger partial charge in [-0.3, -0.25) is 19.1 Å². The van der Waals surface area contributed by atoms with Crippen LogP contribution in [0.3, 0.4) is 0 Å². The molecule has 0 spiro atoms. The second kappa shape index (κ2) is 14.4. The molecule has 12 heteroatoms. The van der Waals surface area contributed by atoms with Crippen LogP contribution in [-0.2, 0) is 4.74 Å². The zero-order valence-corrected chi connectivity index (χ0v) is 27.0. The number of hydrogen-bond acceptors (Lipinski definition) is 9. The van der Waals surface area contributed by atoms with Crippen molar-refractivity contribution in [1.82, 2.24) is 19.9 Å². The van der Waals surface area contributed by atoms with Gasteiger partial charge in [0.15, 0.2) is 11.5 Å². The molecule has 0 saturated carbocycles. The molecule has 0 unspecified atom stereocenters. The third-order valence-corrected chi connectivity index (χ3v) is 6.66. The van der Waals surface area contributed by atoms with Crippen molar-refractivity contribution in [3.63, 3.8) is 0 Å². The third-order valence-electron chi connectivity index (χ3n) is 6.66. The number of benzene rings is 2. The van der Waals surface area contributed by atoms with Crippen LogP contribution >= 0.6 is 0 Å². The van der Waals surface area contributed by atoms with E-state index in [9.17, 15) is 14.4 Å². The van der Waals surface area contributed by atoms with Crippen LogP contribution in [0.25, 0.3) is 16.6 Å². The van der Waals surface area contributed by atoms with E-state index in [-0.39, 0.29) is 17.9 Å². The maximum Gasteiger partial charge on any atom is 0.408 e. The Kier molecular flexibility index (Phi) is 9.90. The number of anilines is 1. The highest BCUT2D eigenvalue weighted by Gasteiger charge is 2.17. The van der Waals surface area contributed by atoms with Crippen LogP contribution in [0.2, 0.25) is 0 Å². The second-order valence-corrected chi connectivity index (χ2v) is 11.3. The fourth-order valence-electron chi connectivity index (χ4n) is 4.53. The van der Waals surface area contributed by atoms with Crippen LogP contribution in [-0.4, -0.2) is 52.9 Å². The molecular weight excluding hydrogens is 614 g/mol. The summed E-state index contributed by atoms with van der Waals surface area (Å²) >= 11 is 0. The Morgan fingerprint density at radius 1 is 0.917 bits per heavy atom. The number of carbonyl (C=O) groups is 2. The minimum Gasteiger partial charge on any atom is -0.493 e. The fourth-order valence-corrected chi connectivity index (χ4v) is 4.53. The number of fused-ring (bicyclic) bond motifs is 1. The normalized spacial score (nSPS) is 10.8. The minimum absolute atomic E-state index is 0.00370. The highest BCUT2D eigenvalue weighted by molar-refractivity contribution is 6.03. The van der Waals surface area contributed by atoms with Gasteiger partial charge in [0, 0.05) is 35.1 Å². The van der Waals surface area contributed by atoms with E-state index in [4.69, 9.17) is 18.9 Å². The molecule has 0 saturated heterocycles. The lowest BCUT2D eigenvalue weighted by molar-refractivity contribution is 0.0535. The quantitative estimate of drug-likeness (QED) is 0.202. The number of nitrogens with one attached hydrogen (secondary N) is 2. The van der Waals surface area contributed by atoms with Crippen LogP contribution in [0.1, 0.15) is 36.7 Å². The summed E-state index contributed by atoms with van der Waals surface area (Å²) in [5, 5.41) is 5.94. The van der Waals surface area contributed by atoms with Gasteiger partial charge in [0.05, 0.1) is 32.5 Å². The molecule has 12 nitrogen and oxygen atoms in total. The van der Waals surface area contributed by atoms with Crippen molar-refractivity contribution in [2.45, 2.75) is 26.4 Å². The molecule has 2 amide bonds. The number of ether oxygens (including phenoxy) is 4. The molecule has 0 fully saturated rings. The largest absolute Gasteiger partial charge is 0.493 e. The second-order valence-electron chi connectivity index (χ2n) is 11.3. The number of nitrogens with zero attached hydrogens (tertiary/aromatic N) is 3. The van der Waals surface area contributed by atoms with Crippen molar-refractivity contribution in [1.29, 1.82) is 0 Å². The van der Waals surface area contributed by atoms with E-state index in [1.807, 2.05) is 6.07 Å². The Balaban J connectivity index is 1.36. The van der Waals surface area contributed by atoms with E-state index in [1.54, 1.807) is 95.8 Å². The Morgan fingerprint density at radius 2 is 1.67 bits per heavy atom. The van der Waals surface area contributed by atoms with E-state index in [0.29, 0.717) is 45.2 Å². The summed E-state index contributed by atoms with van der Waals surface area (Å²) in [4.78, 5) is 47.5. The van der Waals surface area contributed by atoms with Crippen LogP contribution in [0.5, 0.6) is 23.0 Å². The highest BCUT2D eigenvalue weighted by Crippen LogP contribution is 2.36. The lowest BCUT2D eigenvalue weighted by Gasteiger charge is -2.19. The molecule has 0 bridgehead atoms. The van der Waals surface area contributed by atoms with Gasteiger partial charge in [-0.1, -0.05) is 30.0 Å². The monoisotopic (exact) mass is 647 g/mol. The van der Waals surface area contributed by atoms with Gasteiger partial charge in [-0.15, -0.1) is 0 Å². The molecule has 5 rings (SSSR count). The van der Waals surface area contributed by atoms with Crippen LogP contribution < -0.4 is 30.4 Å². The lowest BCUT2D eigenvalue weighted by Crippen LogP contribution is -2.32. The lowest BCUT2D eigenvalue weighted by atomic mass is 10.1. The maximum absolute atomic E-state index is 13.5. The van der Waals surface area contributed by atoms with E-state index < -0.39 is 23.2 Å². The summed E-state index contributed by atoms with van der Waals surface area (Å²) in [6, 6.07) is 18.7. The van der Waals surface area contributed by atoms with Crippen LogP contribution in [0.15, 0.2) is 90.1 Å². The molecule has 0 atom stereocenters. The number of amides is 2. The van der Waals surface area contributed by atoms with E-state index in [1.165, 1.54) is 23.0 Å². The van der Waals surface area contributed by atoms with Gasteiger partial charge in [-0.2, -0.15) is 0 Å². The number of pyridine rings is 3. The first-order valence-corrected chi connectivity index (χ1v) is 14.8. The summed E-state index contributed by atoms with van der Waals surface area (Å²) in [6.07, 6.45) is 3.99. The average Bonchev–Trinajstić information content (AvgIpc) is 3.07. The molecule has 48 heavy (non-hydrogen) atoms. The van der Waals surface area contributed by atoms with Crippen LogP contribution in [0, 0.1) is 11.8 Å². The molecule has 3 heterocycles. The molecule has 2 N–H and O–H groups in total. The summed E-state index contributed by atoms with van der Waals surface area (Å²) in [7, 11) is 3.10. The Hall–Kier alpha value is -6.35. The van der Waals surface area contributed by atoms with Crippen molar-refractivity contribution < 1.29 is 28.5 Å². The minimum atomic E-state index is -0.678. The Morgan fingerprint density at radius 3 is 2.35 bits per heavy atom. The first kappa shape index (κ1) is 33.0. The molecule has 2 aromatic carbocycles. The zero-order chi connectivity index (χ0) is 34.3. The SMILES string of the molecule is COc1cc2nccc(Oc3ccc(NC(=O)c4cc(C#CCNC(=O)OC(C)(C)C)cn(-c5ccccc5)c4=O)nc3)c2cc1OC. The molecule has 0 aliphatic rings. The number of methoxy groups -OCH3 is 2. The number of hydrogen-bond donors (Lipinski definition) is 2. The smallest absolute Gasteiger partial charge is 0.408 e. The summed E-state index contributed by atoms with van der Waals surface area (Å²) < 4.78 is 23.4. The zero-order valence-electron chi connectivity index (χ0n) is 27.0. The van der Waals surface area contributed by atoms with Crippen molar-refractivity contribution in [2.75, 3.05) is 26.1 Å². The molecular formula is C36H33N5O7. The summed E-state index contributed by atoms with van der Waals surface area (Å²) in [6.45, 7) is 5.27. The average molecular weight is 648 g/mol. The topological polar surface area (TPSA) is 143 Å². The molecule has 5 aromatic rings. The highest BCUT2D eigenvalue weighted by atomic mass is 16.6. The third kappa shape index (κ3) is 8.07. The molecule has 3 aromatic heterocycles. The van der Waals surface area contributed by atoms with Gasteiger partial charge in [0.2, 0.25) is 0 Å². The van der Waals surface area contributed by atoms with E-state index >= 15 is 0 Å². The van der Waals surface area contributed by atoms with Gasteiger partial charge in [0.1, 0.15) is 28.5 Å². The molecule has 0 aliphatic heterocycles. The number of alkyl carbamates (subject to hydrolysis) is 1. The van der Waals surface area contributed by atoms with Gasteiger partial charge in [-0.05, 0) is 63.2 Å². The predicted molar refractivity (Wildman–Crippen MR) is 180 cm³/mol. The van der Waals surface area contributed by atoms with Gasteiger partial charge in [-0.25, -0.2) is 9.78 Å². The fraction of sp³-hybridized carbons (Fsp3) is 0.194. The van der Waals surface area contributed by atoms with Crippen molar-refractivity contribution in [2.24, 2.45) is 0 Å². The summed E-state index contributed by atoms with van der Waals surface area (Å²) in [5.74, 6) is 7.24. The molecule has 0 radical (unpaired) electrons. The van der Waals surface area contributed by atoms with Crippen molar-refractivity contribution in [3.05, 3.63) is 107 Å². The number of carbonyl (C=O) groups excluding carboxylic acids is 2. The Bertz CT molecular complexity index is 2080. The Labute approximate surface area is 276 Å². The molecule has 0 aliphatic carbocycles.